The zero-order valence-corrected chi connectivity index (χ0v) is 19.1. The van der Waals surface area contributed by atoms with Gasteiger partial charge in [0.05, 0.1) is 17.9 Å². The molecule has 1 saturated heterocycles. The zero-order chi connectivity index (χ0) is 22.3. The van der Waals surface area contributed by atoms with Gasteiger partial charge >= 0.3 is 0 Å². The fraction of sp³-hybridized carbons (Fsp3) is 0.360. The number of hydrogen-bond acceptors (Lipinski definition) is 5. The third-order valence-corrected chi connectivity index (χ3v) is 6.90. The van der Waals surface area contributed by atoms with Gasteiger partial charge in [0.15, 0.2) is 0 Å². The summed E-state index contributed by atoms with van der Waals surface area (Å²) in [6.07, 6.45) is 1.82. The second kappa shape index (κ2) is 10.7. The van der Waals surface area contributed by atoms with Gasteiger partial charge in [-0.3, -0.25) is 14.5 Å². The zero-order valence-electron chi connectivity index (χ0n) is 18.3. The summed E-state index contributed by atoms with van der Waals surface area (Å²) in [4.78, 5) is 28.7. The second-order valence-electron chi connectivity index (χ2n) is 8.09. The Morgan fingerprint density at radius 2 is 1.75 bits per heavy atom. The molecular weight excluding hydrogens is 422 g/mol. The van der Waals surface area contributed by atoms with Crippen molar-refractivity contribution in [1.29, 1.82) is 0 Å². The van der Waals surface area contributed by atoms with E-state index >= 15 is 0 Å². The molecule has 168 valence electrons. The standard InChI is InChI=1S/C25H29N3O3S/c1-18-23(32-16-15-31-18)25(30)27-22-10-6-5-9-21(22)24(29)26-20-11-13-28(14-12-20)17-19-7-3-2-4-8-19/h2-10,20H,11-17H2,1H3,(H,26,29)(H,27,30). The van der Waals surface area contributed by atoms with Crippen molar-refractivity contribution in [2.75, 3.05) is 30.8 Å². The van der Waals surface area contributed by atoms with Gasteiger partial charge in [0.1, 0.15) is 10.7 Å². The van der Waals surface area contributed by atoms with E-state index in [4.69, 9.17) is 4.74 Å². The molecule has 0 aromatic heterocycles. The van der Waals surface area contributed by atoms with E-state index in [-0.39, 0.29) is 17.9 Å². The minimum absolute atomic E-state index is 0.130. The number of allylic oxidation sites excluding steroid dienone is 1. The number of anilines is 1. The van der Waals surface area contributed by atoms with E-state index in [0.717, 1.165) is 38.2 Å². The Bertz CT molecular complexity index is 985. The molecule has 0 atom stereocenters. The molecule has 2 N–H and O–H groups in total. The van der Waals surface area contributed by atoms with Crippen LogP contribution in [0.2, 0.25) is 0 Å². The van der Waals surface area contributed by atoms with Gasteiger partial charge in [-0.05, 0) is 37.5 Å². The Morgan fingerprint density at radius 1 is 1.03 bits per heavy atom. The van der Waals surface area contributed by atoms with Gasteiger partial charge in [-0.25, -0.2) is 0 Å². The average molecular weight is 452 g/mol. The van der Waals surface area contributed by atoms with Crippen LogP contribution in [-0.2, 0) is 16.1 Å². The monoisotopic (exact) mass is 451 g/mol. The Kier molecular flexibility index (Phi) is 7.50. The van der Waals surface area contributed by atoms with Crippen LogP contribution >= 0.6 is 11.8 Å². The van der Waals surface area contributed by atoms with E-state index in [0.29, 0.717) is 28.5 Å². The molecule has 0 aliphatic carbocycles. The summed E-state index contributed by atoms with van der Waals surface area (Å²) >= 11 is 1.48. The first kappa shape index (κ1) is 22.4. The number of thioether (sulfide) groups is 1. The number of carbonyl (C=O) groups is 2. The van der Waals surface area contributed by atoms with Crippen LogP contribution < -0.4 is 10.6 Å². The molecule has 2 amide bonds. The molecule has 6 nitrogen and oxygen atoms in total. The van der Waals surface area contributed by atoms with E-state index in [1.807, 2.05) is 18.2 Å². The van der Waals surface area contributed by atoms with Crippen molar-refractivity contribution in [2.45, 2.75) is 32.4 Å². The van der Waals surface area contributed by atoms with Crippen molar-refractivity contribution < 1.29 is 14.3 Å². The molecule has 4 rings (SSSR count). The number of likely N-dealkylation sites (tertiary alicyclic amines) is 1. The number of hydrogen-bond donors (Lipinski definition) is 2. The SMILES string of the molecule is CC1=C(C(=O)Nc2ccccc2C(=O)NC2CCN(Cc3ccccc3)CC2)SCCO1. The average Bonchev–Trinajstić information content (AvgIpc) is 2.81. The lowest BCUT2D eigenvalue weighted by Crippen LogP contribution is -2.44. The minimum Gasteiger partial charge on any atom is -0.496 e. The maximum Gasteiger partial charge on any atom is 0.265 e. The van der Waals surface area contributed by atoms with Gasteiger partial charge in [-0.1, -0.05) is 42.5 Å². The number of benzene rings is 2. The summed E-state index contributed by atoms with van der Waals surface area (Å²) in [6, 6.07) is 17.7. The van der Waals surface area contributed by atoms with Gasteiger partial charge in [-0.15, -0.1) is 11.8 Å². The Balaban J connectivity index is 1.34. The van der Waals surface area contributed by atoms with Crippen molar-refractivity contribution >= 4 is 29.3 Å². The summed E-state index contributed by atoms with van der Waals surface area (Å²) in [6.45, 7) is 5.24. The summed E-state index contributed by atoms with van der Waals surface area (Å²) in [5.41, 5.74) is 2.31. The van der Waals surface area contributed by atoms with Gasteiger partial charge < -0.3 is 15.4 Å². The largest absolute Gasteiger partial charge is 0.496 e. The van der Waals surface area contributed by atoms with Crippen molar-refractivity contribution in [3.63, 3.8) is 0 Å². The van der Waals surface area contributed by atoms with Crippen LogP contribution in [0.15, 0.2) is 65.3 Å². The highest BCUT2D eigenvalue weighted by atomic mass is 32.2. The summed E-state index contributed by atoms with van der Waals surface area (Å²) < 4.78 is 5.49. The number of amides is 2. The van der Waals surface area contributed by atoms with Gasteiger partial charge in [-0.2, -0.15) is 0 Å². The topological polar surface area (TPSA) is 70.7 Å². The second-order valence-corrected chi connectivity index (χ2v) is 9.20. The summed E-state index contributed by atoms with van der Waals surface area (Å²) in [7, 11) is 0. The van der Waals surface area contributed by atoms with Crippen LogP contribution in [0.5, 0.6) is 0 Å². The van der Waals surface area contributed by atoms with Crippen LogP contribution in [0.1, 0.15) is 35.7 Å². The Hall–Kier alpha value is -2.77. The quantitative estimate of drug-likeness (QED) is 0.694. The molecule has 1 fully saturated rings. The van der Waals surface area contributed by atoms with E-state index in [2.05, 4.69) is 39.8 Å². The molecule has 0 unspecified atom stereocenters. The molecule has 0 radical (unpaired) electrons. The molecule has 0 bridgehead atoms. The molecule has 0 saturated carbocycles. The normalized spacial score (nSPS) is 17.5. The lowest BCUT2D eigenvalue weighted by atomic mass is 10.0. The first-order chi connectivity index (χ1) is 15.6. The number of ether oxygens (including phenoxy) is 1. The van der Waals surface area contributed by atoms with Gasteiger partial charge in [0.2, 0.25) is 0 Å². The fourth-order valence-corrected chi connectivity index (χ4v) is 4.86. The Labute approximate surface area is 193 Å². The molecule has 2 aliphatic rings. The van der Waals surface area contributed by atoms with Crippen LogP contribution in [-0.4, -0.2) is 48.2 Å². The highest BCUT2D eigenvalue weighted by Gasteiger charge is 2.24. The predicted octanol–water partition coefficient (Wildman–Crippen LogP) is 4.01. The molecule has 2 aromatic rings. The third-order valence-electron chi connectivity index (χ3n) is 5.77. The molecule has 2 aromatic carbocycles. The van der Waals surface area contributed by atoms with Crippen molar-refractivity contribution in [2.24, 2.45) is 0 Å². The van der Waals surface area contributed by atoms with Crippen molar-refractivity contribution in [3.05, 3.63) is 76.4 Å². The third kappa shape index (κ3) is 5.72. The first-order valence-electron chi connectivity index (χ1n) is 11.0. The predicted molar refractivity (Wildman–Crippen MR) is 128 cm³/mol. The van der Waals surface area contributed by atoms with E-state index in [9.17, 15) is 9.59 Å². The molecule has 2 heterocycles. The van der Waals surface area contributed by atoms with Gasteiger partial charge in [0, 0.05) is 31.4 Å². The number of nitrogens with one attached hydrogen (secondary N) is 2. The number of piperidine rings is 1. The van der Waals surface area contributed by atoms with Crippen molar-refractivity contribution in [3.8, 4) is 0 Å². The first-order valence-corrected chi connectivity index (χ1v) is 12.0. The van der Waals surface area contributed by atoms with Crippen LogP contribution in [0.25, 0.3) is 0 Å². The number of carbonyl (C=O) groups excluding carboxylic acids is 2. The van der Waals surface area contributed by atoms with Crippen LogP contribution in [0.4, 0.5) is 5.69 Å². The van der Waals surface area contributed by atoms with Crippen molar-refractivity contribution in [1.82, 2.24) is 10.2 Å². The van der Waals surface area contributed by atoms with Crippen LogP contribution in [0.3, 0.4) is 0 Å². The highest BCUT2D eigenvalue weighted by Crippen LogP contribution is 2.27. The molecule has 2 aliphatic heterocycles. The summed E-state index contributed by atoms with van der Waals surface area (Å²) in [5, 5.41) is 6.06. The smallest absolute Gasteiger partial charge is 0.265 e. The highest BCUT2D eigenvalue weighted by molar-refractivity contribution is 8.04. The van der Waals surface area contributed by atoms with E-state index in [1.54, 1.807) is 19.1 Å². The molecule has 7 heteroatoms. The fourth-order valence-electron chi connectivity index (χ4n) is 4.04. The number of nitrogens with zero attached hydrogens (tertiary/aromatic N) is 1. The minimum atomic E-state index is -0.235. The Morgan fingerprint density at radius 3 is 2.50 bits per heavy atom. The molecule has 0 spiro atoms. The molecular formula is C25H29N3O3S. The maximum absolute atomic E-state index is 13.0. The number of para-hydroxylation sites is 1. The number of rotatable bonds is 6. The van der Waals surface area contributed by atoms with Crippen LogP contribution in [0, 0.1) is 0 Å². The lowest BCUT2D eigenvalue weighted by Gasteiger charge is -2.32. The summed E-state index contributed by atoms with van der Waals surface area (Å²) in [5.74, 6) is 0.982. The van der Waals surface area contributed by atoms with Gasteiger partial charge in [0.25, 0.3) is 11.8 Å². The van der Waals surface area contributed by atoms with E-state index < -0.39 is 0 Å². The lowest BCUT2D eigenvalue weighted by molar-refractivity contribution is -0.112. The molecule has 32 heavy (non-hydrogen) atoms. The maximum atomic E-state index is 13.0. The van der Waals surface area contributed by atoms with E-state index in [1.165, 1.54) is 17.3 Å².